The van der Waals surface area contributed by atoms with Crippen molar-refractivity contribution in [3.8, 4) is 0 Å². The first-order valence-electron chi connectivity index (χ1n) is 5.65. The molecule has 0 aromatic heterocycles. The molecular weight excluding hydrogens is 174 g/mol. The maximum Gasteiger partial charge on any atom is 0.0549 e. The van der Waals surface area contributed by atoms with Crippen LogP contribution >= 0.6 is 0 Å². The number of nitrogens with one attached hydrogen (secondary N) is 1. The summed E-state index contributed by atoms with van der Waals surface area (Å²) in [4.78, 5) is 0. The van der Waals surface area contributed by atoms with Gasteiger partial charge in [0.15, 0.2) is 0 Å². The molecule has 84 valence electrons. The predicted molar refractivity (Wildman–Crippen MR) is 60.5 cm³/mol. The van der Waals surface area contributed by atoms with Crippen LogP contribution < -0.4 is 5.32 Å². The van der Waals surface area contributed by atoms with E-state index in [0.29, 0.717) is 11.5 Å². The summed E-state index contributed by atoms with van der Waals surface area (Å²) in [7, 11) is 1.80. The zero-order chi connectivity index (χ0) is 10.8. The average molecular weight is 199 g/mol. The van der Waals surface area contributed by atoms with Crippen LogP contribution in [0.3, 0.4) is 0 Å². The second-order valence-corrected chi connectivity index (χ2v) is 5.85. The summed E-state index contributed by atoms with van der Waals surface area (Å²) < 4.78 is 5.33. The van der Waals surface area contributed by atoms with E-state index in [1.54, 1.807) is 7.11 Å². The Hall–Kier alpha value is -0.0800. The van der Waals surface area contributed by atoms with Crippen LogP contribution in [-0.4, -0.2) is 25.3 Å². The molecule has 1 fully saturated rings. The van der Waals surface area contributed by atoms with Crippen LogP contribution in [0, 0.1) is 5.41 Å². The van der Waals surface area contributed by atoms with Gasteiger partial charge >= 0.3 is 0 Å². The smallest absolute Gasteiger partial charge is 0.0549 e. The Morgan fingerprint density at radius 3 is 2.29 bits per heavy atom. The molecule has 2 nitrogen and oxygen atoms in total. The van der Waals surface area contributed by atoms with Crippen LogP contribution in [0.2, 0.25) is 0 Å². The van der Waals surface area contributed by atoms with Crippen LogP contribution in [0.5, 0.6) is 0 Å². The largest absolute Gasteiger partial charge is 0.382 e. The molecule has 2 heteroatoms. The molecule has 0 aromatic carbocycles. The third kappa shape index (κ3) is 3.97. The van der Waals surface area contributed by atoms with Gasteiger partial charge < -0.3 is 10.1 Å². The minimum Gasteiger partial charge on any atom is -0.382 e. The van der Waals surface area contributed by atoms with Gasteiger partial charge in [0.2, 0.25) is 0 Å². The molecular formula is C12H25NO. The Morgan fingerprint density at radius 2 is 1.93 bits per heavy atom. The van der Waals surface area contributed by atoms with Gasteiger partial charge in [-0.15, -0.1) is 0 Å². The van der Waals surface area contributed by atoms with E-state index in [1.165, 1.54) is 19.3 Å². The van der Waals surface area contributed by atoms with Gasteiger partial charge in [-0.1, -0.05) is 0 Å². The lowest BCUT2D eigenvalue weighted by molar-refractivity contribution is 0.0888. The van der Waals surface area contributed by atoms with Crippen molar-refractivity contribution in [2.75, 3.05) is 13.7 Å². The van der Waals surface area contributed by atoms with E-state index in [4.69, 9.17) is 4.74 Å². The van der Waals surface area contributed by atoms with Crippen LogP contribution in [0.15, 0.2) is 0 Å². The fourth-order valence-corrected chi connectivity index (χ4v) is 1.78. The van der Waals surface area contributed by atoms with E-state index in [-0.39, 0.29) is 5.54 Å². The Labute approximate surface area is 88.4 Å². The molecule has 1 rings (SSSR count). The molecule has 0 heterocycles. The summed E-state index contributed by atoms with van der Waals surface area (Å²) in [5, 5.41) is 3.60. The van der Waals surface area contributed by atoms with Crippen molar-refractivity contribution in [3.05, 3.63) is 0 Å². The molecule has 0 radical (unpaired) electrons. The maximum absolute atomic E-state index is 5.33. The van der Waals surface area contributed by atoms with E-state index >= 15 is 0 Å². The minimum atomic E-state index is 0.242. The summed E-state index contributed by atoms with van der Waals surface area (Å²) >= 11 is 0. The molecule has 1 aliphatic carbocycles. The molecule has 0 spiro atoms. The monoisotopic (exact) mass is 199 g/mol. The normalized spacial score (nSPS) is 22.1. The Morgan fingerprint density at radius 1 is 1.36 bits per heavy atom. The quantitative estimate of drug-likeness (QED) is 0.735. The lowest BCUT2D eigenvalue weighted by Gasteiger charge is -2.26. The summed E-state index contributed by atoms with van der Waals surface area (Å²) in [6.07, 6.45) is 4.33. The molecule has 1 atom stereocenters. The molecule has 1 N–H and O–H groups in total. The summed E-state index contributed by atoms with van der Waals surface area (Å²) in [5.41, 5.74) is 0.786. The highest BCUT2D eigenvalue weighted by atomic mass is 16.5. The predicted octanol–water partition coefficient (Wildman–Crippen LogP) is 2.58. The highest BCUT2D eigenvalue weighted by Crippen LogP contribution is 2.49. The number of hydrogen-bond donors (Lipinski definition) is 1. The van der Waals surface area contributed by atoms with Gasteiger partial charge in [0.1, 0.15) is 0 Å². The lowest BCUT2D eigenvalue weighted by Crippen LogP contribution is -2.40. The first-order chi connectivity index (χ1) is 6.37. The zero-order valence-electron chi connectivity index (χ0n) is 10.3. The summed E-state index contributed by atoms with van der Waals surface area (Å²) in [6.45, 7) is 9.98. The van der Waals surface area contributed by atoms with Gasteiger partial charge in [0, 0.05) is 19.2 Å². The number of ether oxygens (including phenoxy) is 1. The van der Waals surface area contributed by atoms with Crippen molar-refractivity contribution in [1.82, 2.24) is 5.32 Å². The van der Waals surface area contributed by atoms with Gasteiger partial charge in [0.25, 0.3) is 0 Å². The fraction of sp³-hybridized carbons (Fsp3) is 1.00. The molecule has 0 bridgehead atoms. The molecule has 1 unspecified atom stereocenters. The first kappa shape index (κ1) is 12.0. The number of hydrogen-bond acceptors (Lipinski definition) is 2. The Balaban J connectivity index is 2.29. The van der Waals surface area contributed by atoms with Crippen LogP contribution in [-0.2, 0) is 4.74 Å². The van der Waals surface area contributed by atoms with Crippen molar-refractivity contribution in [2.45, 2.75) is 58.6 Å². The second kappa shape index (κ2) is 4.19. The molecule has 0 saturated heterocycles. The van der Waals surface area contributed by atoms with Crippen LogP contribution in [0.25, 0.3) is 0 Å². The average Bonchev–Trinajstić information content (AvgIpc) is 2.81. The van der Waals surface area contributed by atoms with Crippen molar-refractivity contribution in [3.63, 3.8) is 0 Å². The fourth-order valence-electron chi connectivity index (χ4n) is 1.78. The van der Waals surface area contributed by atoms with Crippen molar-refractivity contribution >= 4 is 0 Å². The van der Waals surface area contributed by atoms with Crippen molar-refractivity contribution in [2.24, 2.45) is 5.41 Å². The number of rotatable bonds is 5. The van der Waals surface area contributed by atoms with Crippen molar-refractivity contribution < 1.29 is 4.74 Å². The zero-order valence-corrected chi connectivity index (χ0v) is 10.3. The molecule has 14 heavy (non-hydrogen) atoms. The SMILES string of the molecule is COC(C)CC1(CNC(C)(C)C)CC1. The van der Waals surface area contributed by atoms with E-state index in [0.717, 1.165) is 6.54 Å². The third-order valence-electron chi connectivity index (χ3n) is 3.07. The molecule has 0 aromatic rings. The highest BCUT2D eigenvalue weighted by Gasteiger charge is 2.43. The topological polar surface area (TPSA) is 21.3 Å². The number of methoxy groups -OCH3 is 1. The molecule has 0 amide bonds. The first-order valence-corrected chi connectivity index (χ1v) is 5.65. The van der Waals surface area contributed by atoms with Gasteiger partial charge in [-0.25, -0.2) is 0 Å². The van der Waals surface area contributed by atoms with Crippen LogP contribution in [0.1, 0.15) is 47.0 Å². The molecule has 0 aliphatic heterocycles. The molecule has 1 saturated carbocycles. The summed E-state index contributed by atoms with van der Waals surface area (Å²) in [5.74, 6) is 0. The summed E-state index contributed by atoms with van der Waals surface area (Å²) in [6, 6.07) is 0. The lowest BCUT2D eigenvalue weighted by atomic mass is 9.97. The Bertz CT molecular complexity index is 179. The van der Waals surface area contributed by atoms with Crippen molar-refractivity contribution in [1.29, 1.82) is 0 Å². The third-order valence-corrected chi connectivity index (χ3v) is 3.07. The Kier molecular flexibility index (Phi) is 3.59. The van der Waals surface area contributed by atoms with E-state index in [9.17, 15) is 0 Å². The van der Waals surface area contributed by atoms with Gasteiger partial charge in [-0.05, 0) is 52.4 Å². The second-order valence-electron chi connectivity index (χ2n) is 5.85. The maximum atomic E-state index is 5.33. The van der Waals surface area contributed by atoms with Crippen LogP contribution in [0.4, 0.5) is 0 Å². The standard InChI is InChI=1S/C12H25NO/c1-10(14-5)8-12(6-7-12)9-13-11(2,3)4/h10,13H,6-9H2,1-5H3. The van der Waals surface area contributed by atoms with E-state index in [1.807, 2.05) is 0 Å². The highest BCUT2D eigenvalue weighted by molar-refractivity contribution is 4.97. The molecule has 1 aliphatic rings. The van der Waals surface area contributed by atoms with Gasteiger partial charge in [-0.3, -0.25) is 0 Å². The van der Waals surface area contributed by atoms with E-state index in [2.05, 4.69) is 33.0 Å². The van der Waals surface area contributed by atoms with Gasteiger partial charge in [-0.2, -0.15) is 0 Å². The van der Waals surface area contributed by atoms with E-state index < -0.39 is 0 Å². The van der Waals surface area contributed by atoms with Gasteiger partial charge in [0.05, 0.1) is 6.10 Å². The minimum absolute atomic E-state index is 0.242.